The summed E-state index contributed by atoms with van der Waals surface area (Å²) in [6.07, 6.45) is 2.15. The molecular weight excluding hydrogens is 196 g/mol. The van der Waals surface area contributed by atoms with E-state index in [1.165, 1.54) is 6.20 Å². The number of hydrogen-bond donors (Lipinski definition) is 2. The van der Waals surface area contributed by atoms with Crippen LogP contribution >= 0.6 is 0 Å². The van der Waals surface area contributed by atoms with Crippen LogP contribution in [0.5, 0.6) is 0 Å². The molecule has 5 nitrogen and oxygen atoms in total. The third-order valence-corrected chi connectivity index (χ3v) is 2.59. The van der Waals surface area contributed by atoms with E-state index in [1.807, 2.05) is 0 Å². The molecule has 1 atom stereocenters. The van der Waals surface area contributed by atoms with Gasteiger partial charge in [-0.3, -0.25) is 9.59 Å². The van der Waals surface area contributed by atoms with Crippen molar-refractivity contribution in [3.63, 3.8) is 0 Å². The number of ether oxygens (including phenoxy) is 1. The number of carbonyl (C=O) groups excluding carboxylic acids is 1. The molecule has 0 aliphatic carbocycles. The highest BCUT2D eigenvalue weighted by Gasteiger charge is 2.21. The molecule has 1 fully saturated rings. The Kier molecular flexibility index (Phi) is 2.55. The zero-order chi connectivity index (χ0) is 10.8. The van der Waals surface area contributed by atoms with Gasteiger partial charge in [0.05, 0.1) is 12.2 Å². The van der Waals surface area contributed by atoms with E-state index in [-0.39, 0.29) is 11.5 Å². The van der Waals surface area contributed by atoms with Crippen molar-refractivity contribution in [2.24, 2.45) is 5.73 Å². The summed E-state index contributed by atoms with van der Waals surface area (Å²) in [5.74, 6) is -0.459. The summed E-state index contributed by atoms with van der Waals surface area (Å²) in [6.45, 7) is 1.19. The van der Waals surface area contributed by atoms with Crippen LogP contribution in [0.1, 0.15) is 28.3 Å². The molecule has 1 aromatic rings. The topological polar surface area (TPSA) is 85.2 Å². The molecular formula is C10H12N2O3. The molecule has 1 amide bonds. The lowest BCUT2D eigenvalue weighted by molar-refractivity contribution is 0.0999. The van der Waals surface area contributed by atoms with Crippen LogP contribution in [0.4, 0.5) is 0 Å². The Balaban J connectivity index is 2.40. The first kappa shape index (κ1) is 9.92. The van der Waals surface area contributed by atoms with E-state index < -0.39 is 5.91 Å². The van der Waals surface area contributed by atoms with Crippen molar-refractivity contribution in [1.82, 2.24) is 4.98 Å². The summed E-state index contributed by atoms with van der Waals surface area (Å²) in [7, 11) is 0. The standard InChI is InChI=1S/C10H12N2O3/c11-9(13)7-3-8(10(14)12-4-7)6-1-2-15-5-6/h3-4,6H,1-2,5H2,(H2,11,13)(H,12,14). The van der Waals surface area contributed by atoms with Crippen molar-refractivity contribution in [2.75, 3.05) is 13.2 Å². The summed E-state index contributed by atoms with van der Waals surface area (Å²) in [6, 6.07) is 1.56. The monoisotopic (exact) mass is 208 g/mol. The van der Waals surface area contributed by atoms with Crippen LogP contribution < -0.4 is 11.3 Å². The molecule has 1 unspecified atom stereocenters. The van der Waals surface area contributed by atoms with E-state index in [1.54, 1.807) is 6.07 Å². The minimum absolute atomic E-state index is 0.0769. The van der Waals surface area contributed by atoms with E-state index in [0.717, 1.165) is 6.42 Å². The summed E-state index contributed by atoms with van der Waals surface area (Å²) in [5, 5.41) is 0. The van der Waals surface area contributed by atoms with E-state index in [9.17, 15) is 9.59 Å². The Bertz CT molecular complexity index is 433. The van der Waals surface area contributed by atoms with Crippen LogP contribution in [0.25, 0.3) is 0 Å². The molecule has 5 heteroatoms. The third kappa shape index (κ3) is 1.92. The summed E-state index contributed by atoms with van der Waals surface area (Å²) in [5.41, 5.74) is 5.89. The largest absolute Gasteiger partial charge is 0.381 e. The average Bonchev–Trinajstić information content (AvgIpc) is 2.71. The highest BCUT2D eigenvalue weighted by molar-refractivity contribution is 5.92. The number of primary amides is 1. The Labute approximate surface area is 86.2 Å². The van der Waals surface area contributed by atoms with Gasteiger partial charge in [-0.15, -0.1) is 0 Å². The van der Waals surface area contributed by atoms with Gasteiger partial charge in [-0.1, -0.05) is 0 Å². The number of hydrogen-bond acceptors (Lipinski definition) is 3. The Morgan fingerprint density at radius 1 is 1.60 bits per heavy atom. The fraction of sp³-hybridized carbons (Fsp3) is 0.400. The minimum Gasteiger partial charge on any atom is -0.381 e. The zero-order valence-corrected chi connectivity index (χ0v) is 8.16. The number of aromatic amines is 1. The van der Waals surface area contributed by atoms with Crippen molar-refractivity contribution >= 4 is 5.91 Å². The van der Waals surface area contributed by atoms with Gasteiger partial charge in [0.25, 0.3) is 5.56 Å². The second-order valence-electron chi connectivity index (χ2n) is 3.60. The van der Waals surface area contributed by atoms with Gasteiger partial charge < -0.3 is 15.5 Å². The number of rotatable bonds is 2. The molecule has 80 valence electrons. The molecule has 1 saturated heterocycles. The molecule has 0 bridgehead atoms. The maximum Gasteiger partial charge on any atom is 0.251 e. The predicted molar refractivity (Wildman–Crippen MR) is 53.8 cm³/mol. The lowest BCUT2D eigenvalue weighted by atomic mass is 9.99. The number of amides is 1. The minimum atomic E-state index is -0.536. The Morgan fingerprint density at radius 2 is 2.40 bits per heavy atom. The number of carbonyl (C=O) groups is 1. The third-order valence-electron chi connectivity index (χ3n) is 2.59. The first-order chi connectivity index (χ1) is 7.18. The summed E-state index contributed by atoms with van der Waals surface area (Å²) in [4.78, 5) is 25.0. The number of pyridine rings is 1. The predicted octanol–water partition coefficient (Wildman–Crippen LogP) is -0.0223. The van der Waals surface area contributed by atoms with Gasteiger partial charge in [-0.25, -0.2) is 0 Å². The molecule has 2 rings (SSSR count). The van der Waals surface area contributed by atoms with Gasteiger partial charge in [0.15, 0.2) is 0 Å². The second kappa shape index (κ2) is 3.86. The summed E-state index contributed by atoms with van der Waals surface area (Å²) >= 11 is 0. The van der Waals surface area contributed by atoms with E-state index >= 15 is 0 Å². The zero-order valence-electron chi connectivity index (χ0n) is 8.16. The Morgan fingerprint density at radius 3 is 3.00 bits per heavy atom. The van der Waals surface area contributed by atoms with Crippen molar-refractivity contribution < 1.29 is 9.53 Å². The lowest BCUT2D eigenvalue weighted by Crippen LogP contribution is -2.20. The lowest BCUT2D eigenvalue weighted by Gasteiger charge is -2.07. The van der Waals surface area contributed by atoms with Gasteiger partial charge in [0, 0.05) is 24.3 Å². The molecule has 1 aromatic heterocycles. The van der Waals surface area contributed by atoms with Crippen LogP contribution in [-0.2, 0) is 4.74 Å². The van der Waals surface area contributed by atoms with Crippen LogP contribution in [0.15, 0.2) is 17.1 Å². The SMILES string of the molecule is NC(=O)c1c[nH]c(=O)c(C2CCOC2)c1. The van der Waals surface area contributed by atoms with Crippen LogP contribution in [-0.4, -0.2) is 24.1 Å². The molecule has 3 N–H and O–H groups in total. The van der Waals surface area contributed by atoms with Crippen molar-refractivity contribution in [2.45, 2.75) is 12.3 Å². The van der Waals surface area contributed by atoms with Gasteiger partial charge in [0.1, 0.15) is 0 Å². The maximum absolute atomic E-state index is 11.5. The normalized spacial score (nSPS) is 20.4. The van der Waals surface area contributed by atoms with Crippen molar-refractivity contribution in [1.29, 1.82) is 0 Å². The van der Waals surface area contributed by atoms with Crippen LogP contribution in [0.3, 0.4) is 0 Å². The smallest absolute Gasteiger partial charge is 0.251 e. The van der Waals surface area contributed by atoms with Crippen molar-refractivity contribution in [3.05, 3.63) is 33.7 Å². The molecule has 0 spiro atoms. The van der Waals surface area contributed by atoms with E-state index in [4.69, 9.17) is 10.5 Å². The van der Waals surface area contributed by atoms with Crippen LogP contribution in [0.2, 0.25) is 0 Å². The molecule has 1 aliphatic heterocycles. The quantitative estimate of drug-likeness (QED) is 0.716. The number of nitrogens with one attached hydrogen (secondary N) is 1. The van der Waals surface area contributed by atoms with Gasteiger partial charge in [-0.2, -0.15) is 0 Å². The summed E-state index contributed by atoms with van der Waals surface area (Å²) < 4.78 is 5.20. The fourth-order valence-electron chi connectivity index (χ4n) is 1.73. The number of H-pyrrole nitrogens is 1. The second-order valence-corrected chi connectivity index (χ2v) is 3.60. The van der Waals surface area contributed by atoms with Gasteiger partial charge in [-0.05, 0) is 12.5 Å². The van der Waals surface area contributed by atoms with E-state index in [0.29, 0.717) is 24.3 Å². The first-order valence-electron chi connectivity index (χ1n) is 4.78. The highest BCUT2D eigenvalue weighted by atomic mass is 16.5. The number of nitrogens with two attached hydrogens (primary N) is 1. The van der Waals surface area contributed by atoms with E-state index in [2.05, 4.69) is 4.98 Å². The average molecular weight is 208 g/mol. The molecule has 15 heavy (non-hydrogen) atoms. The Hall–Kier alpha value is -1.62. The molecule has 0 aromatic carbocycles. The molecule has 0 saturated carbocycles. The van der Waals surface area contributed by atoms with Gasteiger partial charge in [0.2, 0.25) is 5.91 Å². The maximum atomic E-state index is 11.5. The fourth-order valence-corrected chi connectivity index (χ4v) is 1.73. The van der Waals surface area contributed by atoms with Crippen LogP contribution in [0, 0.1) is 0 Å². The van der Waals surface area contributed by atoms with Crippen molar-refractivity contribution in [3.8, 4) is 0 Å². The molecule has 1 aliphatic rings. The van der Waals surface area contributed by atoms with Gasteiger partial charge >= 0.3 is 0 Å². The number of aromatic nitrogens is 1. The first-order valence-corrected chi connectivity index (χ1v) is 4.78. The highest BCUT2D eigenvalue weighted by Crippen LogP contribution is 2.22. The molecule has 0 radical (unpaired) electrons. The molecule has 2 heterocycles.